The molecule has 0 aromatic heterocycles. The van der Waals surface area contributed by atoms with Gasteiger partial charge in [0.1, 0.15) is 5.75 Å². The molecule has 15 heavy (non-hydrogen) atoms. The van der Waals surface area contributed by atoms with Gasteiger partial charge >= 0.3 is 5.97 Å². The summed E-state index contributed by atoms with van der Waals surface area (Å²) in [6.45, 7) is 1.61. The molecule has 1 aliphatic rings. The summed E-state index contributed by atoms with van der Waals surface area (Å²) in [5.41, 5.74) is -1.24. The van der Waals surface area contributed by atoms with Gasteiger partial charge in [0.05, 0.1) is 6.61 Å². The average Bonchev–Trinajstić information content (AvgIpc) is 2.63. The van der Waals surface area contributed by atoms with Gasteiger partial charge in [-0.15, -0.1) is 0 Å². The monoisotopic (exact) mass is 210 g/mol. The third kappa shape index (κ3) is 1.56. The van der Waals surface area contributed by atoms with Crippen LogP contribution in [0.15, 0.2) is 18.2 Å². The maximum Gasteiger partial charge on any atom is 0.345 e. The molecule has 2 rings (SSSR count). The number of hydrogen-bond acceptors (Lipinski definition) is 2. The fourth-order valence-corrected chi connectivity index (χ4v) is 1.58. The van der Waals surface area contributed by atoms with E-state index in [1.165, 1.54) is 12.1 Å². The molecule has 0 saturated carbocycles. The van der Waals surface area contributed by atoms with Crippen LogP contribution in [0.25, 0.3) is 0 Å². The van der Waals surface area contributed by atoms with Crippen LogP contribution in [0.2, 0.25) is 0 Å². The minimum atomic E-state index is -2.36. The van der Waals surface area contributed by atoms with Gasteiger partial charge in [0, 0.05) is 12.0 Å². The second kappa shape index (κ2) is 3.22. The lowest BCUT2D eigenvalue weighted by Crippen LogP contribution is -2.26. The van der Waals surface area contributed by atoms with Crippen LogP contribution >= 0.6 is 0 Å². The zero-order valence-electron chi connectivity index (χ0n) is 8.29. The molecule has 0 spiro atoms. The Morgan fingerprint density at radius 2 is 2.33 bits per heavy atom. The minimum absolute atomic E-state index is 0.121. The van der Waals surface area contributed by atoms with E-state index in [9.17, 15) is 9.18 Å². The zero-order chi connectivity index (χ0) is 11.1. The second-order valence-electron chi connectivity index (χ2n) is 3.73. The number of benzene rings is 1. The predicted molar refractivity (Wildman–Crippen MR) is 51.7 cm³/mol. The van der Waals surface area contributed by atoms with E-state index in [1.807, 2.05) is 0 Å². The number of alkyl halides is 1. The minimum Gasteiger partial charge on any atom is -0.493 e. The number of carbonyl (C=O) groups is 1. The summed E-state index contributed by atoms with van der Waals surface area (Å²) in [7, 11) is 0. The molecule has 0 radical (unpaired) electrons. The Morgan fingerprint density at radius 3 is 3.00 bits per heavy atom. The smallest absolute Gasteiger partial charge is 0.345 e. The molecule has 1 aromatic carbocycles. The van der Waals surface area contributed by atoms with Crippen LogP contribution in [0, 0.1) is 0 Å². The van der Waals surface area contributed by atoms with Crippen molar-refractivity contribution < 1.29 is 19.0 Å². The zero-order valence-corrected chi connectivity index (χ0v) is 8.29. The van der Waals surface area contributed by atoms with Crippen molar-refractivity contribution in [1.82, 2.24) is 0 Å². The molecule has 1 atom stereocenters. The van der Waals surface area contributed by atoms with Crippen LogP contribution in [0.5, 0.6) is 5.75 Å². The highest BCUT2D eigenvalue weighted by atomic mass is 19.1. The van der Waals surface area contributed by atoms with E-state index >= 15 is 0 Å². The van der Waals surface area contributed by atoms with Crippen molar-refractivity contribution in [3.05, 3.63) is 29.3 Å². The van der Waals surface area contributed by atoms with Crippen LogP contribution in [0.4, 0.5) is 4.39 Å². The van der Waals surface area contributed by atoms with E-state index in [1.54, 1.807) is 6.07 Å². The summed E-state index contributed by atoms with van der Waals surface area (Å²) in [4.78, 5) is 10.7. The number of aliphatic carboxylic acids is 1. The molecular formula is C11H11FO3. The van der Waals surface area contributed by atoms with Crippen LogP contribution in [0.1, 0.15) is 18.1 Å². The maximum absolute atomic E-state index is 13.8. The van der Waals surface area contributed by atoms with Crippen molar-refractivity contribution in [2.45, 2.75) is 19.0 Å². The van der Waals surface area contributed by atoms with Gasteiger partial charge < -0.3 is 9.84 Å². The van der Waals surface area contributed by atoms with Gasteiger partial charge in [0.15, 0.2) is 0 Å². The van der Waals surface area contributed by atoms with Gasteiger partial charge in [0.25, 0.3) is 0 Å². The van der Waals surface area contributed by atoms with Gasteiger partial charge in [-0.1, -0.05) is 12.1 Å². The van der Waals surface area contributed by atoms with E-state index in [2.05, 4.69) is 0 Å². The van der Waals surface area contributed by atoms with Crippen molar-refractivity contribution in [3.8, 4) is 5.75 Å². The first-order chi connectivity index (χ1) is 7.01. The summed E-state index contributed by atoms with van der Waals surface area (Å²) in [6.07, 6.45) is 0.797. The van der Waals surface area contributed by atoms with Gasteiger partial charge in [-0.3, -0.25) is 0 Å². The summed E-state index contributed by atoms with van der Waals surface area (Å²) in [5, 5.41) is 8.73. The first-order valence-corrected chi connectivity index (χ1v) is 4.70. The molecule has 0 fully saturated rings. The Labute approximate surface area is 86.5 Å². The fourth-order valence-electron chi connectivity index (χ4n) is 1.58. The Morgan fingerprint density at radius 1 is 1.60 bits per heavy atom. The fraction of sp³-hybridized carbons (Fsp3) is 0.364. The Balaban J connectivity index is 2.42. The van der Waals surface area contributed by atoms with Crippen molar-refractivity contribution in [2.24, 2.45) is 0 Å². The second-order valence-corrected chi connectivity index (χ2v) is 3.73. The molecule has 0 bridgehead atoms. The van der Waals surface area contributed by atoms with Crippen LogP contribution in [-0.4, -0.2) is 17.7 Å². The highest BCUT2D eigenvalue weighted by Crippen LogP contribution is 2.33. The number of ether oxygens (including phenoxy) is 1. The molecule has 80 valence electrons. The molecule has 1 aliphatic heterocycles. The number of carboxylic acids is 1. The lowest BCUT2D eigenvalue weighted by molar-refractivity contribution is -0.150. The SMILES string of the molecule is CC(F)(C(=O)O)c1ccc2c(c1)OCC2. The Kier molecular flexibility index (Phi) is 2.14. The maximum atomic E-state index is 13.8. The Bertz CT molecular complexity index is 412. The molecule has 0 amide bonds. The first kappa shape index (κ1) is 9.96. The van der Waals surface area contributed by atoms with Crippen molar-refractivity contribution in [1.29, 1.82) is 0 Å². The standard InChI is InChI=1S/C11H11FO3/c1-11(12,10(13)14)8-3-2-7-4-5-15-9(7)6-8/h2-3,6H,4-5H2,1H3,(H,13,14). The van der Waals surface area contributed by atoms with E-state index in [4.69, 9.17) is 9.84 Å². The third-order valence-corrected chi connectivity index (χ3v) is 2.64. The normalized spacial score (nSPS) is 17.7. The quantitative estimate of drug-likeness (QED) is 0.810. The summed E-state index contributed by atoms with van der Waals surface area (Å²) in [6, 6.07) is 4.69. The van der Waals surface area contributed by atoms with Gasteiger partial charge in [-0.2, -0.15) is 0 Å². The highest BCUT2D eigenvalue weighted by molar-refractivity contribution is 5.79. The van der Waals surface area contributed by atoms with Gasteiger partial charge in [0.2, 0.25) is 5.67 Å². The van der Waals surface area contributed by atoms with Crippen molar-refractivity contribution in [2.75, 3.05) is 6.61 Å². The van der Waals surface area contributed by atoms with Gasteiger partial charge in [-0.25, -0.2) is 9.18 Å². The molecular weight excluding hydrogens is 199 g/mol. The predicted octanol–water partition coefficient (Wildman–Crippen LogP) is 1.89. The molecule has 4 heteroatoms. The highest BCUT2D eigenvalue weighted by Gasteiger charge is 2.35. The lowest BCUT2D eigenvalue weighted by atomic mass is 9.96. The van der Waals surface area contributed by atoms with E-state index in [0.717, 1.165) is 18.9 Å². The third-order valence-electron chi connectivity index (χ3n) is 2.64. The number of halogens is 1. The number of carboxylic acid groups (broad SMARTS) is 1. The topological polar surface area (TPSA) is 46.5 Å². The van der Waals surface area contributed by atoms with Crippen LogP contribution in [-0.2, 0) is 16.9 Å². The molecule has 1 aromatic rings. The summed E-state index contributed by atoms with van der Waals surface area (Å²) >= 11 is 0. The summed E-state index contributed by atoms with van der Waals surface area (Å²) in [5.74, 6) is -0.891. The number of hydrogen-bond donors (Lipinski definition) is 1. The first-order valence-electron chi connectivity index (χ1n) is 4.70. The van der Waals surface area contributed by atoms with E-state index in [-0.39, 0.29) is 5.56 Å². The lowest BCUT2D eigenvalue weighted by Gasteiger charge is -2.16. The largest absolute Gasteiger partial charge is 0.493 e. The Hall–Kier alpha value is -1.58. The van der Waals surface area contributed by atoms with Gasteiger partial charge in [-0.05, 0) is 18.6 Å². The number of rotatable bonds is 2. The molecule has 0 saturated heterocycles. The molecule has 1 N–H and O–H groups in total. The van der Waals surface area contributed by atoms with E-state index < -0.39 is 11.6 Å². The van der Waals surface area contributed by atoms with E-state index in [0.29, 0.717) is 12.4 Å². The molecule has 1 heterocycles. The molecule has 1 unspecified atom stereocenters. The molecule has 0 aliphatic carbocycles. The summed E-state index contributed by atoms with van der Waals surface area (Å²) < 4.78 is 19.0. The van der Waals surface area contributed by atoms with Crippen LogP contribution < -0.4 is 4.74 Å². The average molecular weight is 210 g/mol. The van der Waals surface area contributed by atoms with Crippen molar-refractivity contribution >= 4 is 5.97 Å². The molecule has 3 nitrogen and oxygen atoms in total. The van der Waals surface area contributed by atoms with Crippen molar-refractivity contribution in [3.63, 3.8) is 0 Å². The number of fused-ring (bicyclic) bond motifs is 1. The van der Waals surface area contributed by atoms with Crippen LogP contribution in [0.3, 0.4) is 0 Å².